The molecule has 104 valence electrons. The lowest BCUT2D eigenvalue weighted by molar-refractivity contribution is 0.0935. The number of carbonyl (C=O) groups excluding carboxylic acids is 1. The summed E-state index contributed by atoms with van der Waals surface area (Å²) in [5.74, 6) is 0.921. The van der Waals surface area contributed by atoms with E-state index < -0.39 is 0 Å². The van der Waals surface area contributed by atoms with E-state index in [1.54, 1.807) is 6.20 Å². The third kappa shape index (κ3) is 2.26. The summed E-state index contributed by atoms with van der Waals surface area (Å²) in [6, 6.07) is 3.93. The van der Waals surface area contributed by atoms with Gasteiger partial charge in [-0.1, -0.05) is 15.9 Å². The van der Waals surface area contributed by atoms with Gasteiger partial charge >= 0.3 is 0 Å². The number of nitrogens with zero attached hydrogens (tertiary/aromatic N) is 2. The van der Waals surface area contributed by atoms with Crippen molar-refractivity contribution in [3.8, 4) is 0 Å². The Hall–Kier alpha value is -1.62. The fraction of sp³-hybridized carbons (Fsp3) is 0.333. The summed E-state index contributed by atoms with van der Waals surface area (Å²) in [6.07, 6.45) is 4.64. The number of amides is 1. The van der Waals surface area contributed by atoms with Crippen molar-refractivity contribution in [3.63, 3.8) is 0 Å². The van der Waals surface area contributed by atoms with Crippen LogP contribution in [0.5, 0.6) is 0 Å². The fourth-order valence-corrected chi connectivity index (χ4v) is 3.07. The zero-order chi connectivity index (χ0) is 14.3. The van der Waals surface area contributed by atoms with E-state index in [1.807, 2.05) is 32.2 Å². The molecule has 0 aliphatic carbocycles. The van der Waals surface area contributed by atoms with Crippen LogP contribution < -0.4 is 5.32 Å². The maximum atomic E-state index is 12.5. The molecule has 1 atom stereocenters. The average Bonchev–Trinajstić information content (AvgIpc) is 2.98. The number of imidazole rings is 1. The van der Waals surface area contributed by atoms with Crippen LogP contribution in [0.4, 0.5) is 0 Å². The molecular weight excluding hydrogens is 318 g/mol. The number of nitrogens with one attached hydrogen (secondary N) is 1. The molecule has 0 saturated carbocycles. The minimum Gasteiger partial charge on any atom is -0.342 e. The number of aryl methyl sites for hydroxylation is 3. The lowest BCUT2D eigenvalue weighted by Gasteiger charge is -2.14. The van der Waals surface area contributed by atoms with Crippen molar-refractivity contribution in [3.05, 3.63) is 51.5 Å². The van der Waals surface area contributed by atoms with E-state index in [0.29, 0.717) is 0 Å². The topological polar surface area (TPSA) is 46.9 Å². The van der Waals surface area contributed by atoms with Crippen molar-refractivity contribution in [2.75, 3.05) is 0 Å². The summed E-state index contributed by atoms with van der Waals surface area (Å²) >= 11 is 3.49. The van der Waals surface area contributed by atoms with E-state index in [1.165, 1.54) is 0 Å². The highest BCUT2D eigenvalue weighted by Gasteiger charge is 2.25. The molecule has 0 fully saturated rings. The van der Waals surface area contributed by atoms with Gasteiger partial charge in [0.2, 0.25) is 0 Å². The molecule has 1 aromatic carbocycles. The Morgan fingerprint density at radius 3 is 3.00 bits per heavy atom. The predicted molar refractivity (Wildman–Crippen MR) is 80.7 cm³/mol. The summed E-state index contributed by atoms with van der Waals surface area (Å²) in [4.78, 5) is 16.8. The maximum Gasteiger partial charge on any atom is 0.252 e. The number of hydrogen-bond acceptors (Lipinski definition) is 2. The fourth-order valence-electron chi connectivity index (χ4n) is 2.62. The van der Waals surface area contributed by atoms with Gasteiger partial charge in [0.15, 0.2) is 0 Å². The van der Waals surface area contributed by atoms with Gasteiger partial charge in [-0.3, -0.25) is 4.79 Å². The van der Waals surface area contributed by atoms with Crippen LogP contribution in [0, 0.1) is 13.8 Å². The molecule has 0 saturated heterocycles. The first-order valence-corrected chi connectivity index (χ1v) is 7.44. The molecule has 1 aromatic heterocycles. The van der Waals surface area contributed by atoms with Gasteiger partial charge in [-0.2, -0.15) is 0 Å². The van der Waals surface area contributed by atoms with Crippen LogP contribution in [0.2, 0.25) is 0 Å². The van der Waals surface area contributed by atoms with Crippen LogP contribution in [-0.2, 0) is 6.54 Å². The summed E-state index contributed by atoms with van der Waals surface area (Å²) in [5.41, 5.74) is 2.77. The van der Waals surface area contributed by atoms with Gasteiger partial charge in [-0.05, 0) is 43.5 Å². The number of fused-ring (bicyclic) bond motifs is 1. The summed E-state index contributed by atoms with van der Waals surface area (Å²) in [6.45, 7) is 4.86. The van der Waals surface area contributed by atoms with Gasteiger partial charge in [0.05, 0.1) is 6.04 Å². The van der Waals surface area contributed by atoms with E-state index in [0.717, 1.165) is 40.0 Å². The van der Waals surface area contributed by atoms with Crippen molar-refractivity contribution in [2.45, 2.75) is 32.9 Å². The smallest absolute Gasteiger partial charge is 0.252 e. The molecule has 0 bridgehead atoms. The lowest BCUT2D eigenvalue weighted by Crippen LogP contribution is -2.28. The molecule has 2 heterocycles. The second-order valence-electron chi connectivity index (χ2n) is 5.21. The molecular formula is C15H16BrN3O. The van der Waals surface area contributed by atoms with Gasteiger partial charge < -0.3 is 9.88 Å². The van der Waals surface area contributed by atoms with Crippen LogP contribution in [0.15, 0.2) is 29.0 Å². The number of hydrogen-bond donors (Lipinski definition) is 1. The minimum atomic E-state index is -0.0282. The van der Waals surface area contributed by atoms with Crippen molar-refractivity contribution < 1.29 is 4.79 Å². The summed E-state index contributed by atoms with van der Waals surface area (Å²) < 4.78 is 3.12. The van der Waals surface area contributed by atoms with Crippen LogP contribution in [0.1, 0.15) is 39.8 Å². The van der Waals surface area contributed by atoms with E-state index >= 15 is 0 Å². The van der Waals surface area contributed by atoms with Crippen LogP contribution in [0.3, 0.4) is 0 Å². The van der Waals surface area contributed by atoms with E-state index in [9.17, 15) is 4.79 Å². The molecule has 2 aromatic rings. The SMILES string of the molecule is Cc1cc(C(=O)NC2CCn3ccnc32)c(C)cc1Br. The molecule has 1 amide bonds. The Bertz CT molecular complexity index is 678. The van der Waals surface area contributed by atoms with Crippen LogP contribution >= 0.6 is 15.9 Å². The lowest BCUT2D eigenvalue weighted by atomic mass is 10.0. The van der Waals surface area contributed by atoms with E-state index in [-0.39, 0.29) is 11.9 Å². The second-order valence-corrected chi connectivity index (χ2v) is 6.06. The Kier molecular flexibility index (Phi) is 3.38. The first-order chi connectivity index (χ1) is 9.56. The third-order valence-corrected chi connectivity index (χ3v) is 4.63. The molecule has 0 radical (unpaired) electrons. The minimum absolute atomic E-state index is 0.0147. The Labute approximate surface area is 126 Å². The maximum absolute atomic E-state index is 12.5. The number of halogens is 1. The van der Waals surface area contributed by atoms with Crippen molar-refractivity contribution in [1.29, 1.82) is 0 Å². The summed E-state index contributed by atoms with van der Waals surface area (Å²) in [7, 11) is 0. The molecule has 1 N–H and O–H groups in total. The largest absolute Gasteiger partial charge is 0.342 e. The average molecular weight is 334 g/mol. The number of rotatable bonds is 2. The van der Waals surface area contributed by atoms with E-state index in [2.05, 4.69) is 30.8 Å². The Morgan fingerprint density at radius 1 is 1.40 bits per heavy atom. The van der Waals surface area contributed by atoms with Gasteiger partial charge in [0, 0.05) is 29.0 Å². The van der Waals surface area contributed by atoms with Crippen LogP contribution in [0.25, 0.3) is 0 Å². The monoisotopic (exact) mass is 333 g/mol. The van der Waals surface area contributed by atoms with Gasteiger partial charge in [0.1, 0.15) is 5.82 Å². The molecule has 4 nitrogen and oxygen atoms in total. The molecule has 1 aliphatic rings. The molecule has 3 rings (SSSR count). The first kappa shape index (κ1) is 13.4. The molecule has 1 unspecified atom stereocenters. The third-order valence-electron chi connectivity index (χ3n) is 3.77. The molecule has 5 heteroatoms. The highest BCUT2D eigenvalue weighted by molar-refractivity contribution is 9.10. The van der Waals surface area contributed by atoms with Crippen molar-refractivity contribution in [1.82, 2.24) is 14.9 Å². The molecule has 20 heavy (non-hydrogen) atoms. The Balaban J connectivity index is 1.83. The summed E-state index contributed by atoms with van der Waals surface area (Å²) in [5, 5.41) is 3.09. The number of benzene rings is 1. The number of carbonyl (C=O) groups is 1. The highest BCUT2D eigenvalue weighted by Crippen LogP contribution is 2.25. The van der Waals surface area contributed by atoms with Gasteiger partial charge in [-0.15, -0.1) is 0 Å². The number of aromatic nitrogens is 2. The zero-order valence-electron chi connectivity index (χ0n) is 11.5. The molecule has 0 spiro atoms. The van der Waals surface area contributed by atoms with E-state index in [4.69, 9.17) is 0 Å². The van der Waals surface area contributed by atoms with Crippen molar-refractivity contribution >= 4 is 21.8 Å². The van der Waals surface area contributed by atoms with Crippen LogP contribution in [-0.4, -0.2) is 15.5 Å². The predicted octanol–water partition coefficient (Wildman–Crippen LogP) is 3.14. The molecule has 1 aliphatic heterocycles. The van der Waals surface area contributed by atoms with Crippen molar-refractivity contribution in [2.24, 2.45) is 0 Å². The first-order valence-electron chi connectivity index (χ1n) is 6.65. The zero-order valence-corrected chi connectivity index (χ0v) is 13.1. The highest BCUT2D eigenvalue weighted by atomic mass is 79.9. The van der Waals surface area contributed by atoms with Gasteiger partial charge in [0.25, 0.3) is 5.91 Å². The Morgan fingerprint density at radius 2 is 2.20 bits per heavy atom. The normalized spacial score (nSPS) is 17.1. The second kappa shape index (κ2) is 5.05. The standard InChI is InChI=1S/C15H16BrN3O/c1-9-8-12(16)10(2)7-11(9)15(20)18-13-3-5-19-6-4-17-14(13)19/h4,6-8,13H,3,5H2,1-2H3,(H,18,20). The van der Waals surface area contributed by atoms with Gasteiger partial charge in [-0.25, -0.2) is 4.98 Å². The quantitative estimate of drug-likeness (QED) is 0.917.